The molecule has 0 radical (unpaired) electrons. The van der Waals surface area contributed by atoms with Crippen LogP contribution >= 0.6 is 0 Å². The van der Waals surface area contributed by atoms with Crippen LogP contribution in [0.3, 0.4) is 0 Å². The molecule has 2 atom stereocenters. The highest BCUT2D eigenvalue weighted by molar-refractivity contribution is 5.91. The number of amides is 3. The summed E-state index contributed by atoms with van der Waals surface area (Å²) in [5.41, 5.74) is 4.86. The SMILES string of the molecule is CC(=O)[C@H](CCCCNC(=O)COCCOCCNC(=O)COCCOCCCC(=O)CC[C@H](NC(=O)CCCCCCCCCCCCCCCCC(=O)O)C(=O)O)CC(=O)C(C)(C)N.[HH].[HH].[HH]. The molecule has 0 rings (SSSR count). The maximum atomic E-state index is 12.4. The zero-order valence-electron chi connectivity index (χ0n) is 40.6. The van der Waals surface area contributed by atoms with Gasteiger partial charge in [-0.05, 0) is 59.3 Å². The van der Waals surface area contributed by atoms with E-state index in [4.69, 9.17) is 29.8 Å². The van der Waals surface area contributed by atoms with Crippen LogP contribution in [-0.2, 0) is 57.3 Å². The Kier molecular flexibility index (Phi) is 38.9. The Morgan fingerprint density at radius 1 is 0.530 bits per heavy atom. The lowest BCUT2D eigenvalue weighted by Crippen LogP contribution is -2.42. The Morgan fingerprint density at radius 2 is 1.02 bits per heavy atom. The molecular formula is C48H92N4O14. The van der Waals surface area contributed by atoms with Crippen molar-refractivity contribution in [2.24, 2.45) is 11.7 Å². The second kappa shape index (κ2) is 41.4. The summed E-state index contributed by atoms with van der Waals surface area (Å²) in [7, 11) is 0. The Balaban J connectivity index is -0.00000704. The molecule has 18 nitrogen and oxygen atoms in total. The number of Topliss-reactive ketones (excluding diaryl/α,β-unsaturated/α-hetero) is 3. The molecule has 0 saturated heterocycles. The van der Waals surface area contributed by atoms with Crippen molar-refractivity contribution < 1.29 is 71.8 Å². The van der Waals surface area contributed by atoms with E-state index in [0.29, 0.717) is 45.3 Å². The van der Waals surface area contributed by atoms with E-state index in [2.05, 4.69) is 16.0 Å². The van der Waals surface area contributed by atoms with Gasteiger partial charge < -0.3 is 50.8 Å². The monoisotopic (exact) mass is 949 g/mol. The summed E-state index contributed by atoms with van der Waals surface area (Å²) in [6.07, 6.45) is 18.4. The molecule has 7 N–H and O–H groups in total. The van der Waals surface area contributed by atoms with E-state index in [1.165, 1.54) is 51.9 Å². The number of nitrogens with two attached hydrogens (primary N) is 1. The number of carbonyl (C=O) groups is 8. The lowest BCUT2D eigenvalue weighted by atomic mass is 9.87. The molecule has 0 unspecified atom stereocenters. The zero-order chi connectivity index (χ0) is 49.3. The van der Waals surface area contributed by atoms with Crippen molar-refractivity contribution in [3.8, 4) is 0 Å². The fourth-order valence-corrected chi connectivity index (χ4v) is 6.82. The quantitative estimate of drug-likeness (QED) is 0.0375. The van der Waals surface area contributed by atoms with E-state index in [-0.39, 0.29) is 137 Å². The van der Waals surface area contributed by atoms with Gasteiger partial charge in [0.2, 0.25) is 17.7 Å². The molecule has 18 heteroatoms. The van der Waals surface area contributed by atoms with Crippen molar-refractivity contribution in [1.82, 2.24) is 16.0 Å². The molecule has 0 aliphatic heterocycles. The number of aliphatic carboxylic acids is 2. The van der Waals surface area contributed by atoms with Gasteiger partial charge in [0.25, 0.3) is 0 Å². The Labute approximate surface area is 398 Å². The number of unbranched alkanes of at least 4 members (excludes halogenated alkanes) is 14. The topological polar surface area (TPSA) is 276 Å². The molecule has 0 aromatic rings. The van der Waals surface area contributed by atoms with E-state index in [9.17, 15) is 43.5 Å². The molecule has 0 aliphatic carbocycles. The molecule has 0 fully saturated rings. The number of ether oxygens (including phenoxy) is 4. The minimum Gasteiger partial charge on any atom is -0.481 e. The van der Waals surface area contributed by atoms with Crippen molar-refractivity contribution in [2.75, 3.05) is 65.9 Å². The first-order valence-corrected chi connectivity index (χ1v) is 24.5. The van der Waals surface area contributed by atoms with Crippen LogP contribution in [-0.4, -0.2) is 135 Å². The fourth-order valence-electron chi connectivity index (χ4n) is 6.82. The summed E-state index contributed by atoms with van der Waals surface area (Å²) in [5.74, 6) is -3.46. The highest BCUT2D eigenvalue weighted by Gasteiger charge is 2.27. The molecule has 0 aliphatic rings. The number of carboxylic acid groups (broad SMARTS) is 2. The number of ketones is 3. The number of hydrogen-bond donors (Lipinski definition) is 6. The average Bonchev–Trinajstić information content (AvgIpc) is 3.25. The molecular weight excluding hydrogens is 857 g/mol. The summed E-state index contributed by atoms with van der Waals surface area (Å²) >= 11 is 0. The number of nitrogens with one attached hydrogen (secondary N) is 3. The standard InChI is InChI=1S/C48H86N4O14.3H2/c1-38(53)39(35-42(55)48(2,3)49)21-18-19-27-50-44(57)36-66-34-32-64-30-28-51-45(58)37-65-33-31-63-29-20-22-40(54)25-26-41(47(61)62)52-43(56)23-16-14-12-10-8-6-4-5-7-9-11-13-15-17-24-46(59)60;;;/h39,41H,4-37,49H2,1-3H3,(H,50,57)(H,51,58)(H,52,56)(H,59,60)(H,61,62);3*1H/t39-,41+;;;/m1.../s1. The van der Waals surface area contributed by atoms with Crippen molar-refractivity contribution in [2.45, 2.75) is 186 Å². The lowest BCUT2D eigenvalue weighted by molar-refractivity contribution is -0.142. The van der Waals surface area contributed by atoms with Gasteiger partial charge >= 0.3 is 11.9 Å². The van der Waals surface area contributed by atoms with Crippen LogP contribution in [0.15, 0.2) is 0 Å². The van der Waals surface area contributed by atoms with Gasteiger partial charge in [0.05, 0.1) is 38.6 Å². The maximum absolute atomic E-state index is 12.4. The third kappa shape index (κ3) is 40.4. The van der Waals surface area contributed by atoms with Gasteiger partial charge in [-0.1, -0.05) is 83.5 Å². The predicted octanol–water partition coefficient (Wildman–Crippen LogP) is 6.12. The van der Waals surface area contributed by atoms with Crippen molar-refractivity contribution in [3.05, 3.63) is 0 Å². The summed E-state index contributed by atoms with van der Waals surface area (Å²) in [5, 5.41) is 26.2. The van der Waals surface area contributed by atoms with Gasteiger partial charge in [0, 0.05) is 62.0 Å². The highest BCUT2D eigenvalue weighted by atomic mass is 16.5. The zero-order valence-corrected chi connectivity index (χ0v) is 40.6. The van der Waals surface area contributed by atoms with E-state index >= 15 is 0 Å². The van der Waals surface area contributed by atoms with Crippen molar-refractivity contribution >= 4 is 47.0 Å². The van der Waals surface area contributed by atoms with Crippen LogP contribution in [0, 0.1) is 5.92 Å². The Morgan fingerprint density at radius 3 is 1.52 bits per heavy atom. The summed E-state index contributed by atoms with van der Waals surface area (Å²) in [6, 6.07) is -1.11. The van der Waals surface area contributed by atoms with Crippen molar-refractivity contribution in [1.29, 1.82) is 0 Å². The molecule has 388 valence electrons. The van der Waals surface area contributed by atoms with E-state index in [1.54, 1.807) is 13.8 Å². The first-order chi connectivity index (χ1) is 31.5. The smallest absolute Gasteiger partial charge is 0.326 e. The second-order valence-corrected chi connectivity index (χ2v) is 17.7. The molecule has 0 spiro atoms. The Hall–Kier alpha value is -3.84. The van der Waals surface area contributed by atoms with Crippen molar-refractivity contribution in [3.63, 3.8) is 0 Å². The van der Waals surface area contributed by atoms with Gasteiger partial charge in [0.15, 0.2) is 5.78 Å². The maximum Gasteiger partial charge on any atom is 0.326 e. The number of carboxylic acids is 2. The Bertz CT molecular complexity index is 1390. The van der Waals surface area contributed by atoms with E-state index in [0.717, 1.165) is 38.5 Å². The molecule has 0 aromatic carbocycles. The third-order valence-electron chi connectivity index (χ3n) is 10.9. The summed E-state index contributed by atoms with van der Waals surface area (Å²) < 4.78 is 21.5. The first kappa shape index (κ1) is 62.2. The molecule has 0 heterocycles. The fraction of sp³-hybridized carbons (Fsp3) is 0.833. The van der Waals surface area contributed by atoms with Crippen LogP contribution < -0.4 is 21.7 Å². The lowest BCUT2D eigenvalue weighted by Gasteiger charge is -2.20. The predicted molar refractivity (Wildman–Crippen MR) is 256 cm³/mol. The molecule has 3 amide bonds. The number of hydrogen-bond acceptors (Lipinski definition) is 13. The van der Waals surface area contributed by atoms with Crippen LogP contribution in [0.2, 0.25) is 0 Å². The van der Waals surface area contributed by atoms with E-state index < -0.39 is 23.5 Å². The minimum atomic E-state index is -1.16. The first-order valence-electron chi connectivity index (χ1n) is 24.5. The summed E-state index contributed by atoms with van der Waals surface area (Å²) in [6.45, 7) is 6.53. The van der Waals surface area contributed by atoms with Gasteiger partial charge in [-0.25, -0.2) is 4.79 Å². The third-order valence-corrected chi connectivity index (χ3v) is 10.9. The van der Waals surface area contributed by atoms with Crippen LogP contribution in [0.25, 0.3) is 0 Å². The van der Waals surface area contributed by atoms with Crippen LogP contribution in [0.4, 0.5) is 0 Å². The minimum absolute atomic E-state index is 0. The molecule has 0 aromatic heterocycles. The van der Waals surface area contributed by atoms with Gasteiger partial charge in [-0.3, -0.25) is 33.6 Å². The second-order valence-electron chi connectivity index (χ2n) is 17.7. The largest absolute Gasteiger partial charge is 0.481 e. The average molecular weight is 949 g/mol. The van der Waals surface area contributed by atoms with E-state index in [1.807, 2.05) is 0 Å². The van der Waals surface area contributed by atoms with Crippen LogP contribution in [0.5, 0.6) is 0 Å². The normalized spacial score (nSPS) is 12.3. The molecule has 66 heavy (non-hydrogen) atoms. The van der Waals surface area contributed by atoms with Crippen LogP contribution in [0.1, 0.15) is 179 Å². The number of carbonyl (C=O) groups excluding carboxylic acids is 6. The van der Waals surface area contributed by atoms with Gasteiger partial charge in [0.1, 0.15) is 30.8 Å². The molecule has 0 saturated carbocycles. The van der Waals surface area contributed by atoms with Gasteiger partial charge in [-0.2, -0.15) is 0 Å². The number of rotatable bonds is 48. The highest BCUT2D eigenvalue weighted by Crippen LogP contribution is 2.18. The summed E-state index contributed by atoms with van der Waals surface area (Å²) in [4.78, 5) is 94.9. The molecule has 0 bridgehead atoms. The van der Waals surface area contributed by atoms with Gasteiger partial charge in [-0.15, -0.1) is 0 Å².